The summed E-state index contributed by atoms with van der Waals surface area (Å²) in [5.74, 6) is -2.19. The van der Waals surface area contributed by atoms with E-state index in [1.54, 1.807) is 19.1 Å². The van der Waals surface area contributed by atoms with Crippen LogP contribution in [0.4, 0.5) is 9.18 Å². The molecule has 0 bridgehead atoms. The summed E-state index contributed by atoms with van der Waals surface area (Å²) in [5.41, 5.74) is 12.9. The van der Waals surface area contributed by atoms with E-state index in [2.05, 4.69) is 4.72 Å². The lowest BCUT2D eigenvalue weighted by Crippen LogP contribution is -2.50. The van der Waals surface area contributed by atoms with Gasteiger partial charge in [-0.25, -0.2) is 17.6 Å². The molecule has 5 unspecified atom stereocenters. The van der Waals surface area contributed by atoms with Crippen molar-refractivity contribution in [1.82, 2.24) is 14.5 Å². The van der Waals surface area contributed by atoms with Crippen molar-refractivity contribution in [2.24, 2.45) is 23.3 Å². The Morgan fingerprint density at radius 1 is 1.16 bits per heavy atom. The van der Waals surface area contributed by atoms with Crippen LogP contribution in [0.25, 0.3) is 0 Å². The lowest BCUT2D eigenvalue weighted by Gasteiger charge is -2.25. The number of ether oxygens (including phenoxy) is 1. The lowest BCUT2D eigenvalue weighted by atomic mass is 10.1. The van der Waals surface area contributed by atoms with Gasteiger partial charge < -0.3 is 21.1 Å². The molecular weight excluding hydrogens is 605 g/mol. The summed E-state index contributed by atoms with van der Waals surface area (Å²) < 4.78 is 45.6. The highest BCUT2D eigenvalue weighted by Gasteiger charge is 2.52. The average Bonchev–Trinajstić information content (AvgIpc) is 3.83. The number of unbranched alkanes of at least 4 members (excludes halogenated alkanes) is 3. The van der Waals surface area contributed by atoms with Crippen LogP contribution in [-0.4, -0.2) is 71.5 Å². The highest BCUT2D eigenvalue weighted by Crippen LogP contribution is 2.44. The van der Waals surface area contributed by atoms with Gasteiger partial charge in [0.05, 0.1) is 23.9 Å². The molecule has 45 heavy (non-hydrogen) atoms. The number of carbonyl (C=O) groups excluding carboxylic acids is 4. The quantitative estimate of drug-likeness (QED) is 0.215. The van der Waals surface area contributed by atoms with Crippen LogP contribution in [0.15, 0.2) is 30.4 Å². The second-order valence-electron chi connectivity index (χ2n) is 13.0. The number of allylic oxidation sites excluding steroid dienone is 2. The average molecular weight is 648 g/mol. The monoisotopic (exact) mass is 647 g/mol. The molecule has 3 fully saturated rings. The number of carbonyl (C=O) groups is 4. The van der Waals surface area contributed by atoms with Crippen molar-refractivity contribution in [2.45, 2.75) is 101 Å². The molecule has 1 aromatic carbocycles. The maximum Gasteiger partial charge on any atom is 0.410 e. The van der Waals surface area contributed by atoms with Crippen molar-refractivity contribution < 1.29 is 36.7 Å². The van der Waals surface area contributed by atoms with Crippen LogP contribution in [0, 0.1) is 17.7 Å². The fourth-order valence-corrected chi connectivity index (χ4v) is 7.34. The maximum absolute atomic E-state index is 14.1. The second-order valence-corrected chi connectivity index (χ2v) is 15.2. The molecule has 2 heterocycles. The highest BCUT2D eigenvalue weighted by molar-refractivity contribution is 7.91. The Morgan fingerprint density at radius 3 is 2.60 bits per heavy atom. The molecule has 12 nitrogen and oxygen atoms in total. The molecule has 0 radical (unpaired) electrons. The molecule has 2 saturated carbocycles. The number of fused-ring (bicyclic) bond motifs is 1. The van der Waals surface area contributed by atoms with E-state index in [9.17, 15) is 32.0 Å². The summed E-state index contributed by atoms with van der Waals surface area (Å²) in [4.78, 5) is 53.0. The zero-order chi connectivity index (χ0) is 32.5. The van der Waals surface area contributed by atoms with Crippen molar-refractivity contribution in [3.05, 3.63) is 47.3 Å². The van der Waals surface area contributed by atoms with Crippen molar-refractivity contribution in [3.8, 4) is 0 Å². The third kappa shape index (κ3) is 7.49. The van der Waals surface area contributed by atoms with Crippen LogP contribution in [0.2, 0.25) is 0 Å². The van der Waals surface area contributed by atoms with Crippen LogP contribution in [0.3, 0.4) is 0 Å². The van der Waals surface area contributed by atoms with Gasteiger partial charge in [-0.1, -0.05) is 37.1 Å². The fourth-order valence-electron chi connectivity index (χ4n) is 6.04. The predicted octanol–water partition coefficient (Wildman–Crippen LogP) is 2.20. The summed E-state index contributed by atoms with van der Waals surface area (Å²) >= 11 is 0. The Hall–Kier alpha value is -3.52. The third-order valence-electron chi connectivity index (χ3n) is 9.43. The van der Waals surface area contributed by atoms with Gasteiger partial charge in [-0.2, -0.15) is 0 Å². The molecule has 1 aromatic rings. The fraction of sp³-hybridized carbons (Fsp3) is 0.613. The minimum Gasteiger partial charge on any atom is -0.444 e. The van der Waals surface area contributed by atoms with Crippen LogP contribution in [0.1, 0.15) is 75.8 Å². The summed E-state index contributed by atoms with van der Waals surface area (Å²) in [6, 6.07) is 2.90. The molecule has 2 aliphatic carbocycles. The number of sulfonamides is 1. The van der Waals surface area contributed by atoms with Crippen molar-refractivity contribution in [3.63, 3.8) is 0 Å². The zero-order valence-electron chi connectivity index (χ0n) is 25.5. The summed E-state index contributed by atoms with van der Waals surface area (Å²) in [5, 5.41) is 0. The van der Waals surface area contributed by atoms with E-state index in [0.717, 1.165) is 19.3 Å². The van der Waals surface area contributed by atoms with Gasteiger partial charge >= 0.3 is 6.09 Å². The minimum atomic E-state index is -3.61. The van der Waals surface area contributed by atoms with Crippen molar-refractivity contribution >= 4 is 33.8 Å². The molecule has 5 N–H and O–H groups in total. The first-order chi connectivity index (χ1) is 21.3. The first-order valence-corrected chi connectivity index (χ1v) is 17.1. The number of primary amides is 1. The Bertz CT molecular complexity index is 1480. The molecule has 5 rings (SSSR count). The minimum absolute atomic E-state index is 0.00272. The number of amides is 4. The Morgan fingerprint density at radius 2 is 1.91 bits per heavy atom. The highest BCUT2D eigenvalue weighted by atomic mass is 32.2. The number of nitrogens with zero attached hydrogens (tertiary/aromatic N) is 2. The number of benzene rings is 1. The number of hydrogen-bond acceptors (Lipinski definition) is 8. The van der Waals surface area contributed by atoms with E-state index in [1.165, 1.54) is 15.9 Å². The van der Waals surface area contributed by atoms with Gasteiger partial charge in [0.15, 0.2) is 0 Å². The Balaban J connectivity index is 0.990. The van der Waals surface area contributed by atoms with Gasteiger partial charge in [0.1, 0.15) is 18.0 Å². The lowest BCUT2D eigenvalue weighted by molar-refractivity contribution is -0.138. The topological polar surface area (TPSA) is 182 Å². The first kappa shape index (κ1) is 32.9. The normalized spacial score (nSPS) is 25.6. The van der Waals surface area contributed by atoms with Gasteiger partial charge in [-0.15, -0.1) is 0 Å². The zero-order valence-corrected chi connectivity index (χ0v) is 26.3. The SMILES string of the molecule is CC1(S(=O)(=O)NC(=O)C2CC2C=CCCCCCC(N)C(=O)N2CC(OC(=O)N3Cc4cccc(F)c4C3)CC2C(N)=O)CC1. The number of nitrogens with two attached hydrogens (primary N) is 2. The molecule has 1 saturated heterocycles. The van der Waals surface area contributed by atoms with Gasteiger partial charge in [0.2, 0.25) is 27.7 Å². The smallest absolute Gasteiger partial charge is 0.410 e. The van der Waals surface area contributed by atoms with E-state index in [0.29, 0.717) is 43.2 Å². The van der Waals surface area contributed by atoms with Crippen LogP contribution >= 0.6 is 0 Å². The van der Waals surface area contributed by atoms with Crippen molar-refractivity contribution in [2.75, 3.05) is 6.54 Å². The molecule has 246 valence electrons. The molecule has 4 amide bonds. The standard InChI is InChI=1S/C31H42FN5O7S/c1-31(12-13-31)45(42,43)35-28(39)22-14-19(22)8-5-3-2-4-6-11-25(33)29(40)37-17-21(15-26(37)27(34)38)44-30(41)36-16-20-9-7-10-24(32)23(20)18-36/h5,7-10,19,21-22,25-26H,2-4,6,11-18,33H2,1H3,(H2,34,38)(H,35,39). The maximum atomic E-state index is 14.1. The van der Waals surface area contributed by atoms with Crippen LogP contribution < -0.4 is 16.2 Å². The molecule has 4 aliphatic rings. The van der Waals surface area contributed by atoms with E-state index >= 15 is 0 Å². The number of halogens is 1. The summed E-state index contributed by atoms with van der Waals surface area (Å²) in [7, 11) is -3.61. The van der Waals surface area contributed by atoms with Gasteiger partial charge in [0.25, 0.3) is 0 Å². The molecule has 0 aromatic heterocycles. The molecule has 14 heteroatoms. The van der Waals surface area contributed by atoms with Crippen LogP contribution in [0.5, 0.6) is 0 Å². The van der Waals surface area contributed by atoms with E-state index in [1.807, 2.05) is 12.2 Å². The molecule has 5 atom stereocenters. The predicted molar refractivity (Wildman–Crippen MR) is 162 cm³/mol. The summed E-state index contributed by atoms with van der Waals surface area (Å²) in [6.07, 6.45) is 7.97. The number of hydrogen-bond donors (Lipinski definition) is 3. The second kappa shape index (κ2) is 13.1. The van der Waals surface area contributed by atoms with E-state index in [-0.39, 0.29) is 43.7 Å². The molecule has 0 spiro atoms. The molecule has 2 aliphatic heterocycles. The third-order valence-corrected chi connectivity index (χ3v) is 11.6. The Labute approximate surface area is 262 Å². The number of rotatable bonds is 13. The van der Waals surface area contributed by atoms with Gasteiger partial charge in [-0.3, -0.25) is 24.0 Å². The summed E-state index contributed by atoms with van der Waals surface area (Å²) in [6.45, 7) is 1.94. The number of likely N-dealkylation sites (tertiary alicyclic amines) is 1. The first-order valence-electron chi connectivity index (χ1n) is 15.6. The van der Waals surface area contributed by atoms with Crippen LogP contribution in [-0.2, 0) is 42.2 Å². The largest absolute Gasteiger partial charge is 0.444 e. The van der Waals surface area contributed by atoms with E-state index in [4.69, 9.17) is 16.2 Å². The molecular formula is C31H42FN5O7S. The van der Waals surface area contributed by atoms with E-state index < -0.39 is 56.8 Å². The Kier molecular flexibility index (Phi) is 9.54. The van der Waals surface area contributed by atoms with Crippen molar-refractivity contribution in [1.29, 1.82) is 0 Å². The van der Waals surface area contributed by atoms with Gasteiger partial charge in [0, 0.05) is 24.4 Å². The number of nitrogens with one attached hydrogen (secondary N) is 1. The van der Waals surface area contributed by atoms with Gasteiger partial charge in [-0.05, 0) is 63.0 Å².